The number of aromatic nitrogens is 1. The van der Waals surface area contributed by atoms with Gasteiger partial charge in [-0.05, 0) is 73.3 Å². The lowest BCUT2D eigenvalue weighted by Crippen LogP contribution is -2.51. The third kappa shape index (κ3) is 8.04. The van der Waals surface area contributed by atoms with E-state index < -0.39 is 29.9 Å². The summed E-state index contributed by atoms with van der Waals surface area (Å²) >= 11 is 12.2. The van der Waals surface area contributed by atoms with Crippen LogP contribution in [0.15, 0.2) is 77.2 Å². The van der Waals surface area contributed by atoms with Crippen LogP contribution in [-0.4, -0.2) is 58.8 Å². The first kappa shape index (κ1) is 31.7. The number of oxazole rings is 1. The van der Waals surface area contributed by atoms with E-state index >= 15 is 0 Å². The van der Waals surface area contributed by atoms with E-state index in [-0.39, 0.29) is 31.2 Å². The predicted molar refractivity (Wildman–Crippen MR) is 168 cm³/mol. The smallest absolute Gasteiger partial charge is 0.266 e. The highest BCUT2D eigenvalue weighted by atomic mass is 35.5. The van der Waals surface area contributed by atoms with Crippen LogP contribution < -0.4 is 11.1 Å². The molecule has 4 aromatic rings. The number of likely N-dealkylation sites (tertiary alicyclic amines) is 1. The molecule has 230 valence electrons. The zero-order chi connectivity index (χ0) is 31.1. The number of carbonyl (C=O) groups is 3. The van der Waals surface area contributed by atoms with E-state index in [1.54, 1.807) is 54.6 Å². The maximum Gasteiger partial charge on any atom is 0.266 e. The van der Waals surface area contributed by atoms with Crippen LogP contribution in [0.1, 0.15) is 47.5 Å². The molecular weight excluding hydrogens is 603 g/mol. The topological polar surface area (TPSA) is 128 Å². The van der Waals surface area contributed by atoms with Crippen molar-refractivity contribution in [2.24, 2.45) is 5.73 Å². The van der Waals surface area contributed by atoms with Crippen molar-refractivity contribution in [3.8, 4) is 0 Å². The standard InChI is InChI=1S/C33H34Cl2N4O5/c34-23-13-11-21(12-14-23)20-43-25-18-28(39(19-25)30(40)17-22-6-5-7-24(35)16-22)32(42)37-27(9-3-4-15-36)31(41)33-38-26-8-1-2-10-29(26)44-33/h1-2,5-8,10-14,16,25,27-28H,3-4,9,15,17-20,36H2,(H,37,42)/t25-,27+,28+/m1/s1. The number of nitrogens with zero attached hydrogens (tertiary/aromatic N) is 2. The second kappa shape index (κ2) is 14.8. The third-order valence-corrected chi connectivity index (χ3v) is 8.10. The lowest BCUT2D eigenvalue weighted by molar-refractivity contribution is -0.138. The van der Waals surface area contributed by atoms with Crippen molar-refractivity contribution in [2.45, 2.75) is 56.9 Å². The molecular formula is C33H34Cl2N4O5. The highest BCUT2D eigenvalue weighted by Gasteiger charge is 2.41. The molecule has 5 rings (SSSR count). The van der Waals surface area contributed by atoms with Gasteiger partial charge < -0.3 is 25.1 Å². The number of hydrogen-bond acceptors (Lipinski definition) is 7. The van der Waals surface area contributed by atoms with Gasteiger partial charge in [0.05, 0.1) is 25.2 Å². The SMILES string of the molecule is NCCCC[C@H](NC(=O)[C@@H]1C[C@@H](OCc2ccc(Cl)cc2)CN1C(=O)Cc1cccc(Cl)c1)C(=O)c1nc2ccccc2o1. The summed E-state index contributed by atoms with van der Waals surface area (Å²) in [7, 11) is 0. The van der Waals surface area contributed by atoms with E-state index in [9.17, 15) is 14.4 Å². The van der Waals surface area contributed by atoms with E-state index in [2.05, 4.69) is 10.3 Å². The number of ether oxygens (including phenoxy) is 1. The molecule has 3 atom stereocenters. The van der Waals surface area contributed by atoms with Crippen molar-refractivity contribution in [1.82, 2.24) is 15.2 Å². The molecule has 1 fully saturated rings. The Kier molecular flexibility index (Phi) is 10.7. The molecule has 2 amide bonds. The third-order valence-electron chi connectivity index (χ3n) is 7.61. The number of halogens is 2. The van der Waals surface area contributed by atoms with Gasteiger partial charge in [-0.2, -0.15) is 0 Å². The molecule has 1 aliphatic heterocycles. The average molecular weight is 638 g/mol. The van der Waals surface area contributed by atoms with E-state index in [0.717, 1.165) is 11.1 Å². The quantitative estimate of drug-likeness (QED) is 0.149. The highest BCUT2D eigenvalue weighted by molar-refractivity contribution is 6.30. The summed E-state index contributed by atoms with van der Waals surface area (Å²) in [6, 6.07) is 19.7. The normalized spacial score (nSPS) is 17.1. The number of nitrogens with two attached hydrogens (primary N) is 1. The molecule has 3 N–H and O–H groups in total. The van der Waals surface area contributed by atoms with Crippen molar-refractivity contribution in [1.29, 1.82) is 0 Å². The van der Waals surface area contributed by atoms with Crippen molar-refractivity contribution >= 4 is 51.9 Å². The molecule has 0 aliphatic carbocycles. The van der Waals surface area contributed by atoms with Gasteiger partial charge in [0.25, 0.3) is 5.89 Å². The first-order valence-corrected chi connectivity index (χ1v) is 15.4. The number of rotatable bonds is 13. The Morgan fingerprint density at radius 1 is 1.00 bits per heavy atom. The number of unbranched alkanes of at least 4 members (excludes halogenated alkanes) is 1. The molecule has 11 heteroatoms. The average Bonchev–Trinajstić information content (AvgIpc) is 3.65. The van der Waals surface area contributed by atoms with E-state index in [4.69, 9.17) is 38.1 Å². The fourth-order valence-corrected chi connectivity index (χ4v) is 5.66. The number of Topliss-reactive ketones (excluding diaryl/α,β-unsaturated/α-hetero) is 1. The molecule has 0 unspecified atom stereocenters. The van der Waals surface area contributed by atoms with Gasteiger partial charge in [-0.15, -0.1) is 0 Å². The monoisotopic (exact) mass is 636 g/mol. The number of ketones is 1. The number of amides is 2. The lowest BCUT2D eigenvalue weighted by Gasteiger charge is -2.26. The van der Waals surface area contributed by atoms with Gasteiger partial charge in [-0.3, -0.25) is 14.4 Å². The maximum atomic E-state index is 13.9. The van der Waals surface area contributed by atoms with Crippen LogP contribution in [-0.2, 0) is 27.4 Å². The van der Waals surface area contributed by atoms with Gasteiger partial charge in [0.15, 0.2) is 5.58 Å². The Morgan fingerprint density at radius 3 is 2.55 bits per heavy atom. The van der Waals surface area contributed by atoms with E-state index in [1.807, 2.05) is 18.2 Å². The van der Waals surface area contributed by atoms with Crippen LogP contribution >= 0.6 is 23.2 Å². The second-order valence-electron chi connectivity index (χ2n) is 10.9. The summed E-state index contributed by atoms with van der Waals surface area (Å²) in [6.45, 7) is 0.977. The van der Waals surface area contributed by atoms with Crippen molar-refractivity contribution in [2.75, 3.05) is 13.1 Å². The van der Waals surface area contributed by atoms with Gasteiger partial charge in [-0.1, -0.05) is 59.6 Å². The highest BCUT2D eigenvalue weighted by Crippen LogP contribution is 2.25. The van der Waals surface area contributed by atoms with Crippen molar-refractivity contribution in [3.05, 3.63) is 99.9 Å². The lowest BCUT2D eigenvalue weighted by atomic mass is 10.0. The number of para-hydroxylation sites is 2. The number of fused-ring (bicyclic) bond motifs is 1. The number of hydrogen-bond donors (Lipinski definition) is 2. The molecule has 1 aliphatic rings. The summed E-state index contributed by atoms with van der Waals surface area (Å²) in [4.78, 5) is 46.9. The largest absolute Gasteiger partial charge is 0.434 e. The predicted octanol–water partition coefficient (Wildman–Crippen LogP) is 5.36. The molecule has 0 radical (unpaired) electrons. The van der Waals surface area contributed by atoms with Crippen LogP contribution in [0.4, 0.5) is 0 Å². The van der Waals surface area contributed by atoms with Gasteiger partial charge in [0.2, 0.25) is 17.6 Å². The number of nitrogens with one attached hydrogen (secondary N) is 1. The first-order valence-electron chi connectivity index (χ1n) is 14.6. The van der Waals surface area contributed by atoms with Gasteiger partial charge in [0.1, 0.15) is 11.6 Å². The van der Waals surface area contributed by atoms with Crippen LogP contribution in [0.5, 0.6) is 0 Å². The molecule has 9 nitrogen and oxygen atoms in total. The molecule has 1 saturated heterocycles. The Balaban J connectivity index is 1.34. The summed E-state index contributed by atoms with van der Waals surface area (Å²) in [5, 5.41) is 4.05. The molecule has 44 heavy (non-hydrogen) atoms. The summed E-state index contributed by atoms with van der Waals surface area (Å²) in [5.41, 5.74) is 8.39. The van der Waals surface area contributed by atoms with Gasteiger partial charge in [-0.25, -0.2) is 4.98 Å². The fraction of sp³-hybridized carbons (Fsp3) is 0.333. The zero-order valence-electron chi connectivity index (χ0n) is 24.1. The molecule has 0 bridgehead atoms. The zero-order valence-corrected chi connectivity index (χ0v) is 25.6. The maximum absolute atomic E-state index is 13.9. The second-order valence-corrected chi connectivity index (χ2v) is 11.7. The van der Waals surface area contributed by atoms with E-state index in [1.165, 1.54) is 4.90 Å². The minimum Gasteiger partial charge on any atom is -0.434 e. The Morgan fingerprint density at radius 2 is 1.80 bits per heavy atom. The van der Waals surface area contributed by atoms with Crippen LogP contribution in [0.25, 0.3) is 11.1 Å². The van der Waals surface area contributed by atoms with Crippen LogP contribution in [0, 0.1) is 0 Å². The Hall–Kier alpha value is -3.76. The van der Waals surface area contributed by atoms with Crippen LogP contribution in [0.3, 0.4) is 0 Å². The van der Waals surface area contributed by atoms with Crippen LogP contribution in [0.2, 0.25) is 10.0 Å². The molecule has 0 saturated carbocycles. The molecule has 0 spiro atoms. The minimum atomic E-state index is -0.902. The van der Waals surface area contributed by atoms with Gasteiger partial charge in [0, 0.05) is 23.0 Å². The number of benzene rings is 3. The number of carbonyl (C=O) groups excluding carboxylic acids is 3. The van der Waals surface area contributed by atoms with Crippen molar-refractivity contribution in [3.63, 3.8) is 0 Å². The molecule has 2 heterocycles. The summed E-state index contributed by atoms with van der Waals surface area (Å²) in [6.07, 6.45) is 1.58. The minimum absolute atomic E-state index is 0.0655. The van der Waals surface area contributed by atoms with E-state index in [0.29, 0.717) is 53.6 Å². The fourth-order valence-electron chi connectivity index (χ4n) is 5.32. The molecule has 3 aromatic carbocycles. The van der Waals surface area contributed by atoms with Crippen molar-refractivity contribution < 1.29 is 23.5 Å². The molecule has 1 aromatic heterocycles. The summed E-state index contributed by atoms with van der Waals surface area (Å²) in [5.74, 6) is -1.19. The Bertz CT molecular complexity index is 1580. The summed E-state index contributed by atoms with van der Waals surface area (Å²) < 4.78 is 11.9. The van der Waals surface area contributed by atoms with Gasteiger partial charge >= 0.3 is 0 Å². The Labute approximate surface area is 265 Å². The first-order chi connectivity index (χ1) is 21.3.